The third-order valence-electron chi connectivity index (χ3n) is 2.94. The maximum atomic E-state index is 9.02. The summed E-state index contributed by atoms with van der Waals surface area (Å²) in [5, 5.41) is 14.1. The van der Waals surface area contributed by atoms with Crippen molar-refractivity contribution < 1.29 is 0 Å². The predicted molar refractivity (Wildman–Crippen MR) is 75.7 cm³/mol. The standard InChI is InChI=1S/C14H12N6/c1-19(2)6-4-12-11-9-17-14-10(7-15)8-18-20(14)13(11)3-5-16-12/h3-6,8-9H,1-2H3/b6-4+. The van der Waals surface area contributed by atoms with Gasteiger partial charge in [0.2, 0.25) is 0 Å². The molecule has 0 radical (unpaired) electrons. The summed E-state index contributed by atoms with van der Waals surface area (Å²) in [6, 6.07) is 3.95. The molecular formula is C14H12N6. The van der Waals surface area contributed by atoms with Gasteiger partial charge in [0.15, 0.2) is 5.65 Å². The summed E-state index contributed by atoms with van der Waals surface area (Å²) in [4.78, 5) is 10.6. The van der Waals surface area contributed by atoms with Crippen molar-refractivity contribution in [3.8, 4) is 6.07 Å². The van der Waals surface area contributed by atoms with E-state index in [1.54, 1.807) is 16.9 Å². The summed E-state index contributed by atoms with van der Waals surface area (Å²) in [6.07, 6.45) is 8.83. The average molecular weight is 264 g/mol. The van der Waals surface area contributed by atoms with Gasteiger partial charge in [-0.1, -0.05) is 0 Å². The Kier molecular flexibility index (Phi) is 2.80. The summed E-state index contributed by atoms with van der Waals surface area (Å²) in [5.74, 6) is 0. The molecule has 0 amide bonds. The highest BCUT2D eigenvalue weighted by Gasteiger charge is 2.09. The van der Waals surface area contributed by atoms with Crippen molar-refractivity contribution in [2.24, 2.45) is 0 Å². The SMILES string of the molecule is CN(C)/C=C/c1nccc2c1cnc1c(C#N)cnn12. The summed E-state index contributed by atoms with van der Waals surface area (Å²) < 4.78 is 1.67. The fourth-order valence-corrected chi connectivity index (χ4v) is 2.00. The van der Waals surface area contributed by atoms with E-state index in [0.29, 0.717) is 11.2 Å². The normalized spacial score (nSPS) is 11.2. The molecule has 3 heterocycles. The van der Waals surface area contributed by atoms with Gasteiger partial charge in [0.1, 0.15) is 11.6 Å². The summed E-state index contributed by atoms with van der Waals surface area (Å²) in [6.45, 7) is 0. The molecule has 3 aromatic heterocycles. The Hall–Kier alpha value is -2.94. The van der Waals surface area contributed by atoms with Gasteiger partial charge in [0.25, 0.3) is 0 Å². The Morgan fingerprint density at radius 1 is 1.30 bits per heavy atom. The Bertz CT molecular complexity index is 853. The molecule has 6 heteroatoms. The number of nitriles is 1. The first-order valence-corrected chi connectivity index (χ1v) is 6.07. The van der Waals surface area contributed by atoms with Crippen LogP contribution in [0, 0.1) is 11.3 Å². The minimum Gasteiger partial charge on any atom is -0.383 e. The van der Waals surface area contributed by atoms with Gasteiger partial charge in [-0.05, 0) is 12.1 Å². The van der Waals surface area contributed by atoms with E-state index >= 15 is 0 Å². The first-order chi connectivity index (χ1) is 9.70. The largest absolute Gasteiger partial charge is 0.383 e. The minimum atomic E-state index is 0.467. The monoisotopic (exact) mass is 264 g/mol. The van der Waals surface area contributed by atoms with Gasteiger partial charge < -0.3 is 4.90 Å². The maximum absolute atomic E-state index is 9.02. The van der Waals surface area contributed by atoms with Crippen molar-refractivity contribution in [1.29, 1.82) is 5.26 Å². The molecule has 20 heavy (non-hydrogen) atoms. The molecule has 0 bridgehead atoms. The lowest BCUT2D eigenvalue weighted by atomic mass is 10.2. The number of fused-ring (bicyclic) bond motifs is 3. The van der Waals surface area contributed by atoms with Crippen molar-refractivity contribution in [3.05, 3.63) is 42.1 Å². The van der Waals surface area contributed by atoms with Crippen LogP contribution in [0.2, 0.25) is 0 Å². The lowest BCUT2D eigenvalue weighted by Crippen LogP contribution is -2.00. The third-order valence-corrected chi connectivity index (χ3v) is 2.94. The number of nitrogens with zero attached hydrogens (tertiary/aromatic N) is 6. The van der Waals surface area contributed by atoms with Gasteiger partial charge in [-0.15, -0.1) is 0 Å². The van der Waals surface area contributed by atoms with Gasteiger partial charge in [-0.2, -0.15) is 10.4 Å². The van der Waals surface area contributed by atoms with Crippen LogP contribution in [0.25, 0.3) is 22.6 Å². The summed E-state index contributed by atoms with van der Waals surface area (Å²) >= 11 is 0. The van der Waals surface area contributed by atoms with E-state index in [-0.39, 0.29) is 0 Å². The summed E-state index contributed by atoms with van der Waals surface area (Å²) in [5.41, 5.74) is 2.73. The number of hydrogen-bond acceptors (Lipinski definition) is 5. The molecule has 3 rings (SSSR count). The fraction of sp³-hybridized carbons (Fsp3) is 0.143. The van der Waals surface area contributed by atoms with Crippen LogP contribution in [0.4, 0.5) is 0 Å². The van der Waals surface area contributed by atoms with Crippen LogP contribution in [-0.2, 0) is 0 Å². The lowest BCUT2D eigenvalue weighted by molar-refractivity contribution is 0.567. The molecule has 98 valence electrons. The molecule has 0 saturated carbocycles. The highest BCUT2D eigenvalue weighted by Crippen LogP contribution is 2.19. The first kappa shape index (κ1) is 12.1. The maximum Gasteiger partial charge on any atom is 0.173 e. The van der Waals surface area contributed by atoms with E-state index in [1.165, 1.54) is 6.20 Å². The lowest BCUT2D eigenvalue weighted by Gasteiger charge is -2.05. The molecular weight excluding hydrogens is 252 g/mol. The Morgan fingerprint density at radius 2 is 2.15 bits per heavy atom. The molecule has 6 nitrogen and oxygen atoms in total. The minimum absolute atomic E-state index is 0.467. The van der Waals surface area contributed by atoms with Gasteiger partial charge >= 0.3 is 0 Å². The van der Waals surface area contributed by atoms with Crippen LogP contribution in [0.5, 0.6) is 0 Å². The molecule has 0 fully saturated rings. The number of aromatic nitrogens is 4. The number of rotatable bonds is 2. The van der Waals surface area contributed by atoms with Gasteiger partial charge in [-0.3, -0.25) is 4.98 Å². The predicted octanol–water partition coefficient (Wildman–Crippen LogP) is 1.68. The van der Waals surface area contributed by atoms with E-state index in [4.69, 9.17) is 5.26 Å². The molecule has 0 aliphatic heterocycles. The van der Waals surface area contributed by atoms with E-state index < -0.39 is 0 Å². The zero-order valence-corrected chi connectivity index (χ0v) is 11.1. The van der Waals surface area contributed by atoms with Crippen molar-refractivity contribution in [1.82, 2.24) is 24.5 Å². The Morgan fingerprint density at radius 3 is 2.90 bits per heavy atom. The zero-order chi connectivity index (χ0) is 14.1. The van der Waals surface area contributed by atoms with Crippen LogP contribution < -0.4 is 0 Å². The molecule has 0 aromatic carbocycles. The van der Waals surface area contributed by atoms with E-state index in [1.807, 2.05) is 37.3 Å². The molecule has 0 atom stereocenters. The van der Waals surface area contributed by atoms with Crippen LogP contribution in [-0.4, -0.2) is 38.6 Å². The van der Waals surface area contributed by atoms with Crippen LogP contribution in [0.3, 0.4) is 0 Å². The van der Waals surface area contributed by atoms with Crippen molar-refractivity contribution in [2.45, 2.75) is 0 Å². The quantitative estimate of drug-likeness (QED) is 0.704. The fourth-order valence-electron chi connectivity index (χ4n) is 2.00. The summed E-state index contributed by atoms with van der Waals surface area (Å²) in [7, 11) is 3.90. The molecule has 0 saturated heterocycles. The van der Waals surface area contributed by atoms with Crippen molar-refractivity contribution in [2.75, 3.05) is 14.1 Å². The number of pyridine rings is 1. The molecule has 3 aromatic rings. The van der Waals surface area contributed by atoms with Crippen molar-refractivity contribution in [3.63, 3.8) is 0 Å². The van der Waals surface area contributed by atoms with Crippen LogP contribution in [0.1, 0.15) is 11.3 Å². The van der Waals surface area contributed by atoms with Gasteiger partial charge in [0, 0.05) is 38.1 Å². The highest BCUT2D eigenvalue weighted by molar-refractivity contribution is 5.87. The van der Waals surface area contributed by atoms with Gasteiger partial charge in [-0.25, -0.2) is 9.50 Å². The molecule has 0 N–H and O–H groups in total. The second kappa shape index (κ2) is 4.63. The van der Waals surface area contributed by atoms with E-state index in [0.717, 1.165) is 16.6 Å². The van der Waals surface area contributed by atoms with Gasteiger partial charge in [0.05, 0.1) is 17.4 Å². The molecule has 0 unspecified atom stereocenters. The van der Waals surface area contributed by atoms with Crippen molar-refractivity contribution >= 4 is 22.6 Å². The first-order valence-electron chi connectivity index (χ1n) is 6.07. The Labute approximate surface area is 115 Å². The molecule has 0 spiro atoms. The second-order valence-electron chi connectivity index (χ2n) is 4.57. The average Bonchev–Trinajstić information content (AvgIpc) is 2.88. The smallest absolute Gasteiger partial charge is 0.173 e. The van der Waals surface area contributed by atoms with Crippen LogP contribution in [0.15, 0.2) is 30.9 Å². The van der Waals surface area contributed by atoms with E-state index in [9.17, 15) is 0 Å². The molecule has 0 aliphatic carbocycles. The topological polar surface area (TPSA) is 70.1 Å². The van der Waals surface area contributed by atoms with E-state index in [2.05, 4.69) is 21.1 Å². The third kappa shape index (κ3) is 1.86. The highest BCUT2D eigenvalue weighted by atomic mass is 15.2. The van der Waals surface area contributed by atoms with Crippen LogP contribution >= 0.6 is 0 Å². The second-order valence-corrected chi connectivity index (χ2v) is 4.57. The number of hydrogen-bond donors (Lipinski definition) is 0. The molecule has 0 aliphatic rings. The zero-order valence-electron chi connectivity index (χ0n) is 11.1. The Balaban J connectivity index is 2.29.